The van der Waals surface area contributed by atoms with E-state index in [1.165, 1.54) is 7.11 Å². The highest BCUT2D eigenvalue weighted by molar-refractivity contribution is 6.44. The van der Waals surface area contributed by atoms with E-state index in [4.69, 9.17) is 11.5 Å². The highest BCUT2D eigenvalue weighted by Gasteiger charge is 2.15. The van der Waals surface area contributed by atoms with Gasteiger partial charge in [0.05, 0.1) is 0 Å². The van der Waals surface area contributed by atoms with E-state index in [0.717, 1.165) is 6.26 Å². The van der Waals surface area contributed by atoms with Crippen LogP contribution in [-0.4, -0.2) is 23.7 Å². The minimum absolute atomic E-state index is 0.0694. The van der Waals surface area contributed by atoms with Crippen molar-refractivity contribution >= 4 is 17.6 Å². The molecule has 0 saturated carbocycles. The van der Waals surface area contributed by atoms with Crippen LogP contribution in [0.15, 0.2) is 15.8 Å². The van der Waals surface area contributed by atoms with E-state index in [1.807, 2.05) is 0 Å². The van der Waals surface area contributed by atoms with Gasteiger partial charge in [-0.3, -0.25) is 4.79 Å². The van der Waals surface area contributed by atoms with Crippen LogP contribution in [0.5, 0.6) is 0 Å². The molecule has 0 spiro atoms. The van der Waals surface area contributed by atoms with Crippen LogP contribution in [-0.2, 0) is 9.63 Å². The van der Waals surface area contributed by atoms with Crippen molar-refractivity contribution in [3.8, 4) is 0 Å². The molecule has 0 atom stereocenters. The van der Waals surface area contributed by atoms with Crippen LogP contribution in [0.1, 0.15) is 5.69 Å². The van der Waals surface area contributed by atoms with Gasteiger partial charge in [-0.15, -0.1) is 0 Å². The van der Waals surface area contributed by atoms with Crippen LogP contribution >= 0.6 is 0 Å². The molecule has 0 aliphatic rings. The number of nitrogen functional groups attached to an aromatic ring is 1. The number of primary amides is 1. The summed E-state index contributed by atoms with van der Waals surface area (Å²) in [5.74, 6) is -0.768. The van der Waals surface area contributed by atoms with Crippen molar-refractivity contribution in [1.82, 2.24) is 4.98 Å². The molecule has 1 rings (SSSR count). The summed E-state index contributed by atoms with van der Waals surface area (Å²) in [4.78, 5) is 18.8. The average Bonchev–Trinajstić information content (AvgIpc) is 2.46. The first-order chi connectivity index (χ1) is 6.15. The zero-order valence-corrected chi connectivity index (χ0v) is 6.85. The number of aromatic nitrogens is 1. The smallest absolute Gasteiger partial charge is 0.292 e. The average molecular weight is 184 g/mol. The monoisotopic (exact) mass is 184 g/mol. The summed E-state index contributed by atoms with van der Waals surface area (Å²) >= 11 is 0. The molecular formula is C6H8N4O3. The van der Waals surface area contributed by atoms with Gasteiger partial charge in [0.25, 0.3) is 11.9 Å². The lowest BCUT2D eigenvalue weighted by Crippen LogP contribution is -2.24. The van der Waals surface area contributed by atoms with Crippen molar-refractivity contribution in [2.75, 3.05) is 12.8 Å². The molecule has 0 aliphatic carbocycles. The third-order valence-electron chi connectivity index (χ3n) is 1.18. The number of nitrogens with two attached hydrogens (primary N) is 2. The number of oxime groups is 1. The van der Waals surface area contributed by atoms with E-state index >= 15 is 0 Å². The van der Waals surface area contributed by atoms with E-state index in [-0.39, 0.29) is 17.4 Å². The molecular weight excluding hydrogens is 176 g/mol. The molecule has 0 aliphatic heterocycles. The quantitative estimate of drug-likeness (QED) is 0.466. The van der Waals surface area contributed by atoms with E-state index < -0.39 is 5.91 Å². The Hall–Kier alpha value is -2.05. The largest absolute Gasteiger partial charge is 0.432 e. The summed E-state index contributed by atoms with van der Waals surface area (Å²) < 4.78 is 4.66. The number of nitrogens with zero attached hydrogens (tertiary/aromatic N) is 2. The lowest BCUT2D eigenvalue weighted by atomic mass is 10.3. The predicted molar refractivity (Wildman–Crippen MR) is 43.7 cm³/mol. The number of anilines is 1. The predicted octanol–water partition coefficient (Wildman–Crippen LogP) is -0.907. The lowest BCUT2D eigenvalue weighted by molar-refractivity contribution is -0.112. The Balaban J connectivity index is 3.02. The number of hydrogen-bond donors (Lipinski definition) is 2. The molecule has 0 aromatic carbocycles. The topological polar surface area (TPSA) is 117 Å². The minimum Gasteiger partial charge on any atom is -0.432 e. The Morgan fingerprint density at radius 2 is 2.46 bits per heavy atom. The van der Waals surface area contributed by atoms with Crippen molar-refractivity contribution in [3.05, 3.63) is 12.0 Å². The second-order valence-electron chi connectivity index (χ2n) is 2.06. The van der Waals surface area contributed by atoms with Crippen LogP contribution in [0.2, 0.25) is 0 Å². The molecule has 7 nitrogen and oxygen atoms in total. The van der Waals surface area contributed by atoms with Crippen molar-refractivity contribution < 1.29 is 14.0 Å². The maximum atomic E-state index is 10.8. The maximum absolute atomic E-state index is 10.8. The van der Waals surface area contributed by atoms with Gasteiger partial charge in [-0.1, -0.05) is 5.16 Å². The first-order valence-electron chi connectivity index (χ1n) is 3.27. The summed E-state index contributed by atoms with van der Waals surface area (Å²) in [6.07, 6.45) is 1.16. The number of amides is 1. The molecule has 1 aromatic heterocycles. The molecule has 0 saturated heterocycles. The lowest BCUT2D eigenvalue weighted by Gasteiger charge is -1.94. The summed E-state index contributed by atoms with van der Waals surface area (Å²) in [5.41, 5.74) is 10.2. The fraction of sp³-hybridized carbons (Fsp3) is 0.167. The number of oxazole rings is 1. The molecule has 0 fully saturated rings. The first kappa shape index (κ1) is 9.04. The number of carbonyl (C=O) groups is 1. The van der Waals surface area contributed by atoms with Gasteiger partial charge in [0.15, 0.2) is 5.71 Å². The maximum Gasteiger partial charge on any atom is 0.292 e. The van der Waals surface area contributed by atoms with Gasteiger partial charge in [0.1, 0.15) is 19.1 Å². The van der Waals surface area contributed by atoms with Gasteiger partial charge in [-0.2, -0.15) is 4.98 Å². The summed E-state index contributed by atoms with van der Waals surface area (Å²) in [5, 5.41) is 3.37. The number of rotatable bonds is 3. The standard InChI is InChI=1S/C6H8N4O3/c1-12-10-4(5(7)11)3-2-13-6(8)9-3/h2H,1H3,(H2,7,11)(H2,8,9)/b10-4-. The Kier molecular flexibility index (Phi) is 2.48. The Morgan fingerprint density at radius 1 is 1.77 bits per heavy atom. The molecule has 7 heteroatoms. The first-order valence-corrected chi connectivity index (χ1v) is 3.27. The van der Waals surface area contributed by atoms with Gasteiger partial charge in [-0.25, -0.2) is 0 Å². The van der Waals surface area contributed by atoms with Crippen molar-refractivity contribution in [1.29, 1.82) is 0 Å². The third kappa shape index (κ3) is 1.95. The molecule has 1 heterocycles. The zero-order chi connectivity index (χ0) is 9.84. The zero-order valence-electron chi connectivity index (χ0n) is 6.85. The molecule has 1 amide bonds. The third-order valence-corrected chi connectivity index (χ3v) is 1.18. The highest BCUT2D eigenvalue weighted by atomic mass is 16.6. The second-order valence-corrected chi connectivity index (χ2v) is 2.06. The SMILES string of the molecule is CO/N=C(\C(N)=O)c1coc(N)n1. The van der Waals surface area contributed by atoms with Crippen LogP contribution < -0.4 is 11.5 Å². The van der Waals surface area contributed by atoms with Crippen LogP contribution in [0, 0.1) is 0 Å². The van der Waals surface area contributed by atoms with E-state index in [2.05, 4.69) is 19.4 Å². The van der Waals surface area contributed by atoms with Crippen LogP contribution in [0.25, 0.3) is 0 Å². The van der Waals surface area contributed by atoms with Gasteiger partial charge >= 0.3 is 0 Å². The van der Waals surface area contributed by atoms with Crippen molar-refractivity contribution in [2.24, 2.45) is 10.9 Å². The molecule has 0 radical (unpaired) electrons. The molecule has 13 heavy (non-hydrogen) atoms. The van der Waals surface area contributed by atoms with Crippen LogP contribution in [0.3, 0.4) is 0 Å². The van der Waals surface area contributed by atoms with E-state index in [0.29, 0.717) is 0 Å². The van der Waals surface area contributed by atoms with Gasteiger partial charge < -0.3 is 20.7 Å². The summed E-state index contributed by atoms with van der Waals surface area (Å²) in [6, 6.07) is -0.0694. The van der Waals surface area contributed by atoms with Crippen molar-refractivity contribution in [2.45, 2.75) is 0 Å². The molecule has 1 aromatic rings. The molecule has 70 valence electrons. The number of hydrogen-bond acceptors (Lipinski definition) is 6. The summed E-state index contributed by atoms with van der Waals surface area (Å²) in [7, 11) is 1.28. The fourth-order valence-electron chi connectivity index (χ4n) is 0.706. The Labute approximate surface area is 73.3 Å². The summed E-state index contributed by atoms with van der Waals surface area (Å²) in [6.45, 7) is 0. The second kappa shape index (κ2) is 3.57. The van der Waals surface area contributed by atoms with Gasteiger partial charge in [0.2, 0.25) is 0 Å². The molecule has 0 unspecified atom stereocenters. The molecule has 0 bridgehead atoms. The Morgan fingerprint density at radius 3 is 2.85 bits per heavy atom. The van der Waals surface area contributed by atoms with E-state index in [1.54, 1.807) is 0 Å². The van der Waals surface area contributed by atoms with Gasteiger partial charge in [-0.05, 0) is 0 Å². The van der Waals surface area contributed by atoms with Gasteiger partial charge in [0, 0.05) is 0 Å². The highest BCUT2D eigenvalue weighted by Crippen LogP contribution is 2.04. The van der Waals surface area contributed by atoms with E-state index in [9.17, 15) is 4.79 Å². The fourth-order valence-corrected chi connectivity index (χ4v) is 0.706. The minimum atomic E-state index is -0.768. The number of carbonyl (C=O) groups excluding carboxylic acids is 1. The molecule has 4 N–H and O–H groups in total. The Bertz CT molecular complexity index is 343. The normalized spacial score (nSPS) is 11.3. The van der Waals surface area contributed by atoms with Crippen molar-refractivity contribution in [3.63, 3.8) is 0 Å². The van der Waals surface area contributed by atoms with Crippen LogP contribution in [0.4, 0.5) is 6.01 Å².